The summed E-state index contributed by atoms with van der Waals surface area (Å²) in [5, 5.41) is 0. The van der Waals surface area contributed by atoms with Gasteiger partial charge in [0, 0.05) is 61.8 Å². The van der Waals surface area contributed by atoms with E-state index in [2.05, 4.69) is 57.9 Å². The predicted molar refractivity (Wildman–Crippen MR) is 178 cm³/mol. The largest absolute Gasteiger partial charge is 0.493 e. The van der Waals surface area contributed by atoms with E-state index in [4.69, 9.17) is 28.4 Å². The van der Waals surface area contributed by atoms with Crippen molar-refractivity contribution in [2.45, 2.75) is 39.0 Å². The highest BCUT2D eigenvalue weighted by molar-refractivity contribution is 5.70. The fourth-order valence-electron chi connectivity index (χ4n) is 6.29. The second kappa shape index (κ2) is 14.7. The maximum atomic E-state index is 5.57. The standard InChI is InChI=1S/C36H44N4O6/c1-23-19-39(21-25-9-11-37-29(13-25)27-15-31(41-3)35(45-7)32(16-27)42-4)20-24(2)40(23)22-26-10-12-38-30(14-26)28-17-33(43-5)36(46-8)34(18-28)44-6/h9-18,23-24H,19-22H2,1-8H3. The summed E-state index contributed by atoms with van der Waals surface area (Å²) in [7, 11) is 9.69. The Labute approximate surface area is 271 Å². The number of ether oxygens (including phenoxy) is 6. The first-order valence-corrected chi connectivity index (χ1v) is 15.3. The van der Waals surface area contributed by atoms with Crippen molar-refractivity contribution in [2.75, 3.05) is 55.7 Å². The number of aromatic nitrogens is 2. The number of piperazine rings is 1. The van der Waals surface area contributed by atoms with Gasteiger partial charge in [-0.1, -0.05) is 0 Å². The van der Waals surface area contributed by atoms with Gasteiger partial charge in [-0.15, -0.1) is 0 Å². The van der Waals surface area contributed by atoms with Gasteiger partial charge in [-0.2, -0.15) is 0 Å². The van der Waals surface area contributed by atoms with E-state index in [9.17, 15) is 0 Å². The Kier molecular flexibility index (Phi) is 10.5. The zero-order chi connectivity index (χ0) is 32.8. The molecule has 1 aliphatic heterocycles. The maximum absolute atomic E-state index is 5.57. The number of methoxy groups -OCH3 is 6. The molecule has 0 spiro atoms. The highest BCUT2D eigenvalue weighted by Crippen LogP contribution is 2.42. The molecule has 3 heterocycles. The second-order valence-corrected chi connectivity index (χ2v) is 11.5. The van der Waals surface area contributed by atoms with Crippen LogP contribution in [0.5, 0.6) is 34.5 Å². The predicted octanol–water partition coefficient (Wildman–Crippen LogP) is 5.96. The summed E-state index contributed by atoms with van der Waals surface area (Å²) >= 11 is 0. The highest BCUT2D eigenvalue weighted by atomic mass is 16.5. The van der Waals surface area contributed by atoms with Crippen LogP contribution in [0, 0.1) is 0 Å². The van der Waals surface area contributed by atoms with Gasteiger partial charge in [0.15, 0.2) is 23.0 Å². The zero-order valence-electron chi connectivity index (χ0n) is 28.0. The Morgan fingerprint density at radius 3 is 1.33 bits per heavy atom. The Morgan fingerprint density at radius 1 is 0.565 bits per heavy atom. The molecule has 0 N–H and O–H groups in total. The average molecular weight is 629 g/mol. The van der Waals surface area contributed by atoms with Gasteiger partial charge in [-0.3, -0.25) is 19.8 Å². The number of hydrogen-bond acceptors (Lipinski definition) is 10. The van der Waals surface area contributed by atoms with Crippen LogP contribution in [0.25, 0.3) is 22.5 Å². The van der Waals surface area contributed by atoms with Crippen molar-refractivity contribution in [3.63, 3.8) is 0 Å². The van der Waals surface area contributed by atoms with Crippen LogP contribution in [-0.2, 0) is 13.1 Å². The number of benzene rings is 2. The molecule has 0 aliphatic carbocycles. The summed E-state index contributed by atoms with van der Waals surface area (Å²) < 4.78 is 33.2. The Hall–Kier alpha value is -4.54. The minimum absolute atomic E-state index is 0.359. The Balaban J connectivity index is 1.28. The minimum atomic E-state index is 0.359. The smallest absolute Gasteiger partial charge is 0.203 e. The van der Waals surface area contributed by atoms with Crippen molar-refractivity contribution in [3.8, 4) is 57.0 Å². The molecule has 10 heteroatoms. The molecular formula is C36H44N4O6. The maximum Gasteiger partial charge on any atom is 0.203 e. The first kappa shape index (κ1) is 32.8. The normalized spacial score (nSPS) is 17.0. The van der Waals surface area contributed by atoms with Crippen molar-refractivity contribution < 1.29 is 28.4 Å². The van der Waals surface area contributed by atoms with Crippen LogP contribution in [0.3, 0.4) is 0 Å². The molecule has 4 aromatic rings. The number of nitrogens with zero attached hydrogens (tertiary/aromatic N) is 4. The molecule has 244 valence electrons. The van der Waals surface area contributed by atoms with E-state index in [1.165, 1.54) is 11.1 Å². The molecule has 0 amide bonds. The van der Waals surface area contributed by atoms with Crippen LogP contribution in [0.15, 0.2) is 60.9 Å². The summed E-state index contributed by atoms with van der Waals surface area (Å²) in [6, 6.07) is 16.9. The third-order valence-electron chi connectivity index (χ3n) is 8.52. The monoisotopic (exact) mass is 628 g/mol. The molecule has 1 fully saturated rings. The lowest BCUT2D eigenvalue weighted by atomic mass is 10.0. The molecule has 46 heavy (non-hydrogen) atoms. The van der Waals surface area contributed by atoms with Gasteiger partial charge in [0.1, 0.15) is 0 Å². The fourth-order valence-corrected chi connectivity index (χ4v) is 6.29. The van der Waals surface area contributed by atoms with Gasteiger partial charge in [-0.25, -0.2) is 0 Å². The van der Waals surface area contributed by atoms with Gasteiger partial charge in [-0.05, 0) is 73.5 Å². The molecule has 10 nitrogen and oxygen atoms in total. The highest BCUT2D eigenvalue weighted by Gasteiger charge is 2.29. The van der Waals surface area contributed by atoms with Crippen molar-refractivity contribution in [1.29, 1.82) is 0 Å². The summed E-state index contributed by atoms with van der Waals surface area (Å²) in [4.78, 5) is 14.4. The van der Waals surface area contributed by atoms with Crippen molar-refractivity contribution in [3.05, 3.63) is 72.1 Å². The van der Waals surface area contributed by atoms with Gasteiger partial charge in [0.05, 0.1) is 54.0 Å². The Morgan fingerprint density at radius 2 is 0.957 bits per heavy atom. The van der Waals surface area contributed by atoms with E-state index in [0.29, 0.717) is 46.6 Å². The van der Waals surface area contributed by atoms with E-state index in [1.807, 2.05) is 36.7 Å². The molecule has 1 saturated heterocycles. The van der Waals surface area contributed by atoms with Gasteiger partial charge < -0.3 is 28.4 Å². The molecular weight excluding hydrogens is 584 g/mol. The van der Waals surface area contributed by atoms with Gasteiger partial charge >= 0.3 is 0 Å². The van der Waals surface area contributed by atoms with E-state index in [0.717, 1.165) is 48.7 Å². The molecule has 0 radical (unpaired) electrons. The van der Waals surface area contributed by atoms with E-state index in [1.54, 1.807) is 42.7 Å². The molecule has 0 bridgehead atoms. The minimum Gasteiger partial charge on any atom is -0.493 e. The summed E-state index contributed by atoms with van der Waals surface area (Å²) in [6.45, 7) is 8.18. The number of hydrogen-bond donors (Lipinski definition) is 0. The first-order chi connectivity index (χ1) is 22.3. The molecule has 1 aliphatic rings. The SMILES string of the molecule is COc1cc(-c2cc(CN3CC(C)N(Cc4ccnc(-c5cc(OC)c(OC)c(OC)c5)c4)C(C)C3)ccn2)cc(OC)c1OC. The number of rotatable bonds is 12. The van der Waals surface area contributed by atoms with Gasteiger partial charge in [0.2, 0.25) is 11.5 Å². The lowest BCUT2D eigenvalue weighted by molar-refractivity contribution is 0.0290. The topological polar surface area (TPSA) is 87.6 Å². The summed E-state index contributed by atoms with van der Waals surface area (Å²) in [6.07, 6.45) is 3.74. The molecule has 2 aromatic carbocycles. The molecule has 2 unspecified atom stereocenters. The van der Waals surface area contributed by atoms with E-state index >= 15 is 0 Å². The fraction of sp³-hybridized carbons (Fsp3) is 0.389. The van der Waals surface area contributed by atoms with Crippen molar-refractivity contribution >= 4 is 0 Å². The first-order valence-electron chi connectivity index (χ1n) is 15.3. The van der Waals surface area contributed by atoms with Crippen LogP contribution in [0.2, 0.25) is 0 Å². The van der Waals surface area contributed by atoms with E-state index in [-0.39, 0.29) is 0 Å². The second-order valence-electron chi connectivity index (χ2n) is 11.5. The Bertz CT molecular complexity index is 1580. The molecule has 2 aromatic heterocycles. The summed E-state index contributed by atoms with van der Waals surface area (Å²) in [5.41, 5.74) is 5.94. The molecule has 2 atom stereocenters. The van der Waals surface area contributed by atoms with Crippen molar-refractivity contribution in [2.24, 2.45) is 0 Å². The molecule has 0 saturated carbocycles. The third kappa shape index (κ3) is 6.98. The van der Waals surface area contributed by atoms with E-state index < -0.39 is 0 Å². The lowest BCUT2D eigenvalue weighted by Gasteiger charge is -2.44. The lowest BCUT2D eigenvalue weighted by Crippen LogP contribution is -2.55. The average Bonchev–Trinajstić information content (AvgIpc) is 3.08. The van der Waals surface area contributed by atoms with Crippen LogP contribution >= 0.6 is 0 Å². The van der Waals surface area contributed by atoms with Crippen LogP contribution < -0.4 is 28.4 Å². The van der Waals surface area contributed by atoms with Crippen molar-refractivity contribution in [1.82, 2.24) is 19.8 Å². The zero-order valence-corrected chi connectivity index (χ0v) is 28.0. The van der Waals surface area contributed by atoms with Crippen LogP contribution in [-0.4, -0.2) is 87.6 Å². The summed E-state index contributed by atoms with van der Waals surface area (Å²) in [5.74, 6) is 3.55. The van der Waals surface area contributed by atoms with Gasteiger partial charge in [0.25, 0.3) is 0 Å². The molecule has 5 rings (SSSR count). The van der Waals surface area contributed by atoms with Crippen LogP contribution in [0.4, 0.5) is 0 Å². The number of pyridine rings is 2. The van der Waals surface area contributed by atoms with Crippen LogP contribution in [0.1, 0.15) is 25.0 Å². The third-order valence-corrected chi connectivity index (χ3v) is 8.52. The quantitative estimate of drug-likeness (QED) is 0.187.